The molecule has 3 aromatic rings. The summed E-state index contributed by atoms with van der Waals surface area (Å²) in [7, 11) is 0. The molecule has 2 aliphatic rings. The molecular weight excluding hydrogens is 340 g/mol. The quantitative estimate of drug-likeness (QED) is 0.618. The highest BCUT2D eigenvalue weighted by molar-refractivity contribution is 6.14. The second kappa shape index (κ2) is 6.32. The molecule has 27 heavy (non-hydrogen) atoms. The summed E-state index contributed by atoms with van der Waals surface area (Å²) in [4.78, 5) is 13.2. The van der Waals surface area contributed by atoms with Crippen molar-refractivity contribution in [3.63, 3.8) is 0 Å². The molecule has 2 heterocycles. The summed E-state index contributed by atoms with van der Waals surface area (Å²) in [6.07, 6.45) is 1.41. The highest BCUT2D eigenvalue weighted by Gasteiger charge is 2.32. The zero-order chi connectivity index (χ0) is 18.2. The Morgan fingerprint density at radius 1 is 0.815 bits per heavy atom. The Bertz CT molecular complexity index is 1050. The van der Waals surface area contributed by atoms with Crippen LogP contribution in [0.4, 0.5) is 0 Å². The Hall–Kier alpha value is -3.53. The van der Waals surface area contributed by atoms with Gasteiger partial charge in [0.15, 0.2) is 23.4 Å². The fourth-order valence-corrected chi connectivity index (χ4v) is 3.42. The normalized spacial score (nSPS) is 18.9. The van der Waals surface area contributed by atoms with Crippen LogP contribution < -0.4 is 14.2 Å². The average Bonchev–Trinajstić information content (AvgIpc) is 3.18. The van der Waals surface area contributed by atoms with Crippen LogP contribution in [0.5, 0.6) is 17.2 Å². The number of carbonyl (C=O) groups excluding carboxylic acids is 1. The zero-order valence-corrected chi connectivity index (χ0v) is 14.4. The van der Waals surface area contributed by atoms with Gasteiger partial charge in [-0.2, -0.15) is 0 Å². The van der Waals surface area contributed by atoms with Crippen molar-refractivity contribution in [3.8, 4) is 17.2 Å². The number of ketones is 1. The van der Waals surface area contributed by atoms with Crippen molar-refractivity contribution in [2.75, 3.05) is 6.79 Å². The summed E-state index contributed by atoms with van der Waals surface area (Å²) in [5, 5.41) is 0. The van der Waals surface area contributed by atoms with Crippen LogP contribution in [-0.4, -0.2) is 12.6 Å². The number of benzene rings is 3. The molecule has 3 aromatic carbocycles. The van der Waals surface area contributed by atoms with Crippen LogP contribution >= 0.6 is 0 Å². The standard InChI is InChI=1S/C23H16O4/c24-22-17-8-4-5-9-19(17)27-23(16-6-2-1-3-7-16)18(22)12-15-10-11-20-21(13-15)26-14-25-20/h1-13,23H,14H2/b18-12+/t23-/m0/s1. The van der Waals surface area contributed by atoms with Gasteiger partial charge in [-0.15, -0.1) is 0 Å². The first-order valence-electron chi connectivity index (χ1n) is 8.76. The van der Waals surface area contributed by atoms with E-state index in [4.69, 9.17) is 14.2 Å². The van der Waals surface area contributed by atoms with Gasteiger partial charge in [0.25, 0.3) is 0 Å². The van der Waals surface area contributed by atoms with E-state index in [0.29, 0.717) is 28.4 Å². The highest BCUT2D eigenvalue weighted by atomic mass is 16.7. The monoisotopic (exact) mass is 356 g/mol. The summed E-state index contributed by atoms with van der Waals surface area (Å²) in [6, 6.07) is 22.8. The van der Waals surface area contributed by atoms with E-state index in [9.17, 15) is 4.79 Å². The van der Waals surface area contributed by atoms with E-state index in [1.165, 1.54) is 0 Å². The number of fused-ring (bicyclic) bond motifs is 2. The number of para-hydroxylation sites is 1. The molecule has 2 aliphatic heterocycles. The molecule has 0 radical (unpaired) electrons. The molecule has 1 atom stereocenters. The zero-order valence-electron chi connectivity index (χ0n) is 14.4. The Morgan fingerprint density at radius 2 is 1.59 bits per heavy atom. The van der Waals surface area contributed by atoms with Gasteiger partial charge in [0.1, 0.15) is 5.75 Å². The number of hydrogen-bond acceptors (Lipinski definition) is 4. The Balaban J connectivity index is 1.63. The minimum atomic E-state index is -0.459. The van der Waals surface area contributed by atoms with Crippen LogP contribution in [0.25, 0.3) is 6.08 Å². The molecular formula is C23H16O4. The van der Waals surface area contributed by atoms with Crippen LogP contribution in [0.1, 0.15) is 27.6 Å². The van der Waals surface area contributed by atoms with Gasteiger partial charge in [0.05, 0.1) is 5.56 Å². The topological polar surface area (TPSA) is 44.8 Å². The lowest BCUT2D eigenvalue weighted by atomic mass is 9.89. The van der Waals surface area contributed by atoms with E-state index < -0.39 is 6.10 Å². The van der Waals surface area contributed by atoms with Crippen LogP contribution in [0.15, 0.2) is 78.4 Å². The van der Waals surface area contributed by atoms with E-state index >= 15 is 0 Å². The maximum Gasteiger partial charge on any atom is 0.231 e. The van der Waals surface area contributed by atoms with Crippen molar-refractivity contribution in [1.29, 1.82) is 0 Å². The molecule has 0 N–H and O–H groups in total. The maximum absolute atomic E-state index is 13.2. The molecule has 0 unspecified atom stereocenters. The number of ether oxygens (including phenoxy) is 3. The molecule has 4 heteroatoms. The van der Waals surface area contributed by atoms with Gasteiger partial charge in [0, 0.05) is 5.57 Å². The first kappa shape index (κ1) is 15.7. The predicted molar refractivity (Wildman–Crippen MR) is 101 cm³/mol. The molecule has 0 spiro atoms. The number of carbonyl (C=O) groups is 1. The lowest BCUT2D eigenvalue weighted by Gasteiger charge is -2.28. The summed E-state index contributed by atoms with van der Waals surface area (Å²) in [5.74, 6) is 1.99. The molecule has 0 fully saturated rings. The lowest BCUT2D eigenvalue weighted by molar-refractivity contribution is 0.0963. The van der Waals surface area contributed by atoms with Crippen LogP contribution in [-0.2, 0) is 0 Å². The summed E-state index contributed by atoms with van der Waals surface area (Å²) in [6.45, 7) is 0.220. The Kier molecular flexibility index (Phi) is 3.68. The molecule has 0 saturated heterocycles. The van der Waals surface area contributed by atoms with Gasteiger partial charge in [-0.25, -0.2) is 0 Å². The largest absolute Gasteiger partial charge is 0.480 e. The third-order valence-corrected chi connectivity index (χ3v) is 4.74. The fraction of sp³-hybridized carbons (Fsp3) is 0.0870. The smallest absolute Gasteiger partial charge is 0.231 e. The molecule has 0 aliphatic carbocycles. The van der Waals surface area contributed by atoms with Gasteiger partial charge in [-0.3, -0.25) is 4.79 Å². The van der Waals surface area contributed by atoms with E-state index in [2.05, 4.69) is 0 Å². The first-order valence-corrected chi connectivity index (χ1v) is 8.76. The SMILES string of the molecule is O=C1/C(=C\c2ccc3c(c2)OCO3)[C@H](c2ccccc2)Oc2ccccc21. The lowest BCUT2D eigenvalue weighted by Crippen LogP contribution is -2.23. The van der Waals surface area contributed by atoms with Gasteiger partial charge in [0.2, 0.25) is 6.79 Å². The van der Waals surface area contributed by atoms with Gasteiger partial charge >= 0.3 is 0 Å². The minimum Gasteiger partial charge on any atom is -0.480 e. The van der Waals surface area contributed by atoms with Crippen molar-refractivity contribution in [3.05, 3.63) is 95.1 Å². The van der Waals surface area contributed by atoms with E-state index in [1.807, 2.05) is 72.8 Å². The Labute approximate surface area is 156 Å². The molecule has 5 rings (SSSR count). The van der Waals surface area contributed by atoms with Crippen LogP contribution in [0, 0.1) is 0 Å². The van der Waals surface area contributed by atoms with Crippen LogP contribution in [0.3, 0.4) is 0 Å². The number of Topliss-reactive ketones (excluding diaryl/α,β-unsaturated/α-hetero) is 1. The summed E-state index contributed by atoms with van der Waals surface area (Å²) in [5.41, 5.74) is 2.98. The van der Waals surface area contributed by atoms with Gasteiger partial charge in [-0.1, -0.05) is 48.5 Å². The number of rotatable bonds is 2. The molecule has 132 valence electrons. The van der Waals surface area contributed by atoms with Crippen molar-refractivity contribution in [1.82, 2.24) is 0 Å². The van der Waals surface area contributed by atoms with E-state index in [1.54, 1.807) is 6.07 Å². The second-order valence-corrected chi connectivity index (χ2v) is 6.45. The van der Waals surface area contributed by atoms with Gasteiger partial charge in [-0.05, 0) is 41.5 Å². The first-order chi connectivity index (χ1) is 13.3. The van der Waals surface area contributed by atoms with E-state index in [0.717, 1.165) is 11.1 Å². The van der Waals surface area contributed by atoms with Crippen molar-refractivity contribution in [2.24, 2.45) is 0 Å². The molecule has 4 nitrogen and oxygen atoms in total. The van der Waals surface area contributed by atoms with Crippen molar-refractivity contribution in [2.45, 2.75) is 6.10 Å². The fourth-order valence-electron chi connectivity index (χ4n) is 3.42. The summed E-state index contributed by atoms with van der Waals surface area (Å²) >= 11 is 0. The third kappa shape index (κ3) is 2.75. The average molecular weight is 356 g/mol. The van der Waals surface area contributed by atoms with E-state index in [-0.39, 0.29) is 12.6 Å². The highest BCUT2D eigenvalue weighted by Crippen LogP contribution is 2.40. The predicted octanol–water partition coefficient (Wildman–Crippen LogP) is 4.82. The molecule has 0 amide bonds. The molecule has 0 bridgehead atoms. The van der Waals surface area contributed by atoms with Crippen molar-refractivity contribution < 1.29 is 19.0 Å². The van der Waals surface area contributed by atoms with Gasteiger partial charge < -0.3 is 14.2 Å². The number of hydrogen-bond donors (Lipinski definition) is 0. The van der Waals surface area contributed by atoms with Crippen LogP contribution in [0.2, 0.25) is 0 Å². The second-order valence-electron chi connectivity index (χ2n) is 6.45. The molecule has 0 saturated carbocycles. The maximum atomic E-state index is 13.2. The minimum absolute atomic E-state index is 0.0247. The summed E-state index contributed by atoms with van der Waals surface area (Å²) < 4.78 is 17.0. The molecule has 0 aromatic heterocycles. The van der Waals surface area contributed by atoms with Crippen molar-refractivity contribution >= 4 is 11.9 Å². The Morgan fingerprint density at radius 3 is 2.48 bits per heavy atom. The third-order valence-electron chi connectivity index (χ3n) is 4.74.